The van der Waals surface area contributed by atoms with Crippen LogP contribution in [0.4, 0.5) is 8.78 Å². The van der Waals surface area contributed by atoms with Gasteiger partial charge in [0.25, 0.3) is 6.43 Å². The first-order valence-electron chi connectivity index (χ1n) is 6.07. The summed E-state index contributed by atoms with van der Waals surface area (Å²) in [4.78, 5) is 13.2. The van der Waals surface area contributed by atoms with Crippen LogP contribution in [-0.2, 0) is 11.3 Å². The van der Waals surface area contributed by atoms with Crippen molar-refractivity contribution >= 4 is 5.91 Å². The van der Waals surface area contributed by atoms with Gasteiger partial charge in [-0.2, -0.15) is 0 Å². The molecule has 0 aliphatic carbocycles. The number of carbonyl (C=O) groups excluding carboxylic acids is 1. The summed E-state index contributed by atoms with van der Waals surface area (Å²) in [6.07, 6.45) is -0.991. The third-order valence-electron chi connectivity index (χ3n) is 2.73. The minimum atomic E-state index is -2.49. The Morgan fingerprint density at radius 2 is 2.32 bits per heavy atom. The molecular weight excluding hydrogens is 256 g/mol. The lowest BCUT2D eigenvalue weighted by atomic mass is 10.2. The molecule has 5 nitrogen and oxygen atoms in total. The van der Waals surface area contributed by atoms with Crippen molar-refractivity contribution in [1.82, 2.24) is 10.2 Å². The third-order valence-corrected chi connectivity index (χ3v) is 2.73. The van der Waals surface area contributed by atoms with Gasteiger partial charge in [0.15, 0.2) is 0 Å². The molecule has 1 rings (SSSR count). The summed E-state index contributed by atoms with van der Waals surface area (Å²) in [5.41, 5.74) is 5.36. The minimum absolute atomic E-state index is 0.225. The van der Waals surface area contributed by atoms with Gasteiger partial charge in [-0.15, -0.1) is 0 Å². The first-order valence-corrected chi connectivity index (χ1v) is 6.07. The van der Waals surface area contributed by atoms with Crippen molar-refractivity contribution in [2.75, 3.05) is 19.6 Å². The van der Waals surface area contributed by atoms with E-state index in [0.717, 1.165) is 0 Å². The molecule has 1 aromatic rings. The topological polar surface area (TPSA) is 71.5 Å². The zero-order valence-corrected chi connectivity index (χ0v) is 10.8. The van der Waals surface area contributed by atoms with Crippen LogP contribution in [0.25, 0.3) is 0 Å². The number of nitrogens with one attached hydrogen (secondary N) is 1. The molecule has 108 valence electrons. The smallest absolute Gasteiger partial charge is 0.251 e. The summed E-state index contributed by atoms with van der Waals surface area (Å²) in [5.74, 6) is 0.283. The molecule has 1 atom stereocenters. The van der Waals surface area contributed by atoms with E-state index in [-0.39, 0.29) is 25.5 Å². The van der Waals surface area contributed by atoms with Gasteiger partial charge in [0, 0.05) is 13.1 Å². The summed E-state index contributed by atoms with van der Waals surface area (Å²) >= 11 is 0. The summed E-state index contributed by atoms with van der Waals surface area (Å²) in [6, 6.07) is 2.78. The third kappa shape index (κ3) is 5.35. The van der Waals surface area contributed by atoms with Crippen molar-refractivity contribution in [3.8, 4) is 0 Å². The normalized spacial score (nSPS) is 12.9. The summed E-state index contributed by atoms with van der Waals surface area (Å²) in [6.45, 7) is 1.82. The van der Waals surface area contributed by atoms with Crippen molar-refractivity contribution in [3.05, 3.63) is 24.2 Å². The number of halogens is 2. The van der Waals surface area contributed by atoms with Crippen LogP contribution in [0.15, 0.2) is 22.8 Å². The lowest BCUT2D eigenvalue weighted by Crippen LogP contribution is -2.48. The van der Waals surface area contributed by atoms with Crippen LogP contribution in [0.5, 0.6) is 0 Å². The molecule has 19 heavy (non-hydrogen) atoms. The molecule has 0 aliphatic rings. The van der Waals surface area contributed by atoms with Crippen LogP contribution in [0.1, 0.15) is 12.7 Å². The highest BCUT2D eigenvalue weighted by atomic mass is 19.3. The summed E-state index contributed by atoms with van der Waals surface area (Å²) < 4.78 is 29.9. The number of nitrogens with two attached hydrogens (primary N) is 1. The maximum absolute atomic E-state index is 12.4. The Morgan fingerprint density at radius 3 is 2.84 bits per heavy atom. The molecule has 1 unspecified atom stereocenters. The SMILES string of the molecule is CC(C(=O)NCc1ccco1)N(CCN)CC(F)F. The van der Waals surface area contributed by atoms with Gasteiger partial charge in [0.05, 0.1) is 25.4 Å². The first kappa shape index (κ1) is 15.6. The Morgan fingerprint density at radius 1 is 1.58 bits per heavy atom. The molecule has 0 saturated heterocycles. The monoisotopic (exact) mass is 275 g/mol. The van der Waals surface area contributed by atoms with E-state index in [1.165, 1.54) is 11.2 Å². The average Bonchev–Trinajstić information content (AvgIpc) is 2.87. The highest BCUT2D eigenvalue weighted by Crippen LogP contribution is 2.05. The van der Waals surface area contributed by atoms with Gasteiger partial charge in [0.2, 0.25) is 5.91 Å². The summed E-state index contributed by atoms with van der Waals surface area (Å²) in [7, 11) is 0. The molecule has 0 spiro atoms. The van der Waals surface area contributed by atoms with Crippen LogP contribution in [0.2, 0.25) is 0 Å². The van der Waals surface area contributed by atoms with E-state index < -0.39 is 19.0 Å². The number of rotatable bonds is 8. The maximum atomic E-state index is 12.4. The lowest BCUT2D eigenvalue weighted by molar-refractivity contribution is -0.126. The van der Waals surface area contributed by atoms with Crippen molar-refractivity contribution in [2.45, 2.75) is 25.9 Å². The fraction of sp³-hybridized carbons (Fsp3) is 0.583. The molecular formula is C12H19F2N3O2. The number of amides is 1. The molecule has 0 aromatic carbocycles. The number of hydrogen-bond donors (Lipinski definition) is 2. The Kier molecular flexibility index (Phi) is 6.44. The fourth-order valence-electron chi connectivity index (χ4n) is 1.69. The Labute approximate surface area is 110 Å². The second-order valence-electron chi connectivity index (χ2n) is 4.15. The molecule has 1 aromatic heterocycles. The molecule has 0 radical (unpaired) electrons. The van der Waals surface area contributed by atoms with Crippen molar-refractivity contribution in [1.29, 1.82) is 0 Å². The second-order valence-corrected chi connectivity index (χ2v) is 4.15. The number of nitrogens with zero attached hydrogens (tertiary/aromatic N) is 1. The van der Waals surface area contributed by atoms with Crippen LogP contribution in [0.3, 0.4) is 0 Å². The lowest BCUT2D eigenvalue weighted by Gasteiger charge is -2.27. The number of alkyl halides is 2. The first-order chi connectivity index (χ1) is 9.04. The largest absolute Gasteiger partial charge is 0.467 e. The van der Waals surface area contributed by atoms with Crippen molar-refractivity contribution in [3.63, 3.8) is 0 Å². The average molecular weight is 275 g/mol. The van der Waals surface area contributed by atoms with Crippen LogP contribution in [0, 0.1) is 0 Å². The number of hydrogen-bond acceptors (Lipinski definition) is 4. The van der Waals surface area contributed by atoms with Gasteiger partial charge in [-0.25, -0.2) is 8.78 Å². The van der Waals surface area contributed by atoms with E-state index in [1.807, 2.05) is 0 Å². The molecule has 0 aliphatic heterocycles. The molecule has 1 amide bonds. The van der Waals surface area contributed by atoms with Crippen molar-refractivity contribution < 1.29 is 18.0 Å². The van der Waals surface area contributed by atoms with Crippen LogP contribution >= 0.6 is 0 Å². The Hall–Kier alpha value is -1.47. The van der Waals surface area contributed by atoms with Gasteiger partial charge in [-0.05, 0) is 19.1 Å². The van der Waals surface area contributed by atoms with Crippen LogP contribution < -0.4 is 11.1 Å². The maximum Gasteiger partial charge on any atom is 0.251 e. The minimum Gasteiger partial charge on any atom is -0.467 e. The number of furan rings is 1. The van der Waals surface area contributed by atoms with Gasteiger partial charge in [0.1, 0.15) is 5.76 Å². The van der Waals surface area contributed by atoms with Gasteiger partial charge < -0.3 is 15.5 Å². The number of carbonyl (C=O) groups is 1. The van der Waals surface area contributed by atoms with E-state index >= 15 is 0 Å². The molecule has 0 saturated carbocycles. The van der Waals surface area contributed by atoms with Gasteiger partial charge in [-0.3, -0.25) is 9.69 Å². The van der Waals surface area contributed by atoms with E-state index in [9.17, 15) is 13.6 Å². The molecule has 0 fully saturated rings. The summed E-state index contributed by atoms with van der Waals surface area (Å²) in [5, 5.41) is 2.64. The Bertz CT molecular complexity index is 371. The highest BCUT2D eigenvalue weighted by molar-refractivity contribution is 5.81. The zero-order valence-electron chi connectivity index (χ0n) is 10.8. The predicted molar refractivity (Wildman–Crippen MR) is 66.6 cm³/mol. The Balaban J connectivity index is 2.47. The van der Waals surface area contributed by atoms with E-state index in [4.69, 9.17) is 10.2 Å². The molecule has 3 N–H and O–H groups in total. The van der Waals surface area contributed by atoms with E-state index in [2.05, 4.69) is 5.32 Å². The van der Waals surface area contributed by atoms with Gasteiger partial charge in [-0.1, -0.05) is 0 Å². The van der Waals surface area contributed by atoms with E-state index in [0.29, 0.717) is 5.76 Å². The van der Waals surface area contributed by atoms with Crippen molar-refractivity contribution in [2.24, 2.45) is 5.73 Å². The van der Waals surface area contributed by atoms with Crippen LogP contribution in [-0.4, -0.2) is 42.9 Å². The van der Waals surface area contributed by atoms with Gasteiger partial charge >= 0.3 is 0 Å². The fourth-order valence-corrected chi connectivity index (χ4v) is 1.69. The quantitative estimate of drug-likeness (QED) is 0.736. The van der Waals surface area contributed by atoms with E-state index in [1.54, 1.807) is 19.1 Å². The highest BCUT2D eigenvalue weighted by Gasteiger charge is 2.23. The molecule has 1 heterocycles. The standard InChI is InChI=1S/C12H19F2N3O2/c1-9(17(5-4-15)8-11(13)14)12(18)16-7-10-3-2-6-19-10/h2-3,6,9,11H,4-5,7-8,15H2,1H3,(H,16,18). The second kappa shape index (κ2) is 7.85. The zero-order chi connectivity index (χ0) is 14.3. The predicted octanol–water partition coefficient (Wildman–Crippen LogP) is 0.810. The molecule has 7 heteroatoms. The molecule has 0 bridgehead atoms.